The lowest BCUT2D eigenvalue weighted by Gasteiger charge is -2.13. The summed E-state index contributed by atoms with van der Waals surface area (Å²) in [6, 6.07) is 4.22. The molecule has 0 radical (unpaired) electrons. The normalized spacial score (nSPS) is 12.2. The van der Waals surface area contributed by atoms with Crippen LogP contribution in [0.2, 0.25) is 5.02 Å². The van der Waals surface area contributed by atoms with Crippen molar-refractivity contribution in [3.8, 4) is 5.75 Å². The van der Waals surface area contributed by atoms with Gasteiger partial charge in [-0.1, -0.05) is 11.6 Å². The number of nitrogens with two attached hydrogens (primary N) is 1. The van der Waals surface area contributed by atoms with Gasteiger partial charge in [0.1, 0.15) is 5.75 Å². The van der Waals surface area contributed by atoms with Crippen LogP contribution in [0.3, 0.4) is 0 Å². The summed E-state index contributed by atoms with van der Waals surface area (Å²) in [5, 5.41) is 10.1. The van der Waals surface area contributed by atoms with Gasteiger partial charge in [0.2, 0.25) is 0 Å². The lowest BCUT2D eigenvalue weighted by atomic mass is 10.0. The summed E-state index contributed by atoms with van der Waals surface area (Å²) in [6.45, 7) is 0. The average Bonchev–Trinajstić information content (AvgIpc) is 2.28. The lowest BCUT2D eigenvalue weighted by Crippen LogP contribution is -2.13. The molecule has 0 amide bonds. The maximum atomic E-state index is 10.9. The fourth-order valence-electron chi connectivity index (χ4n) is 1.35. The smallest absolute Gasteiger partial charge is 0.305 e. The molecule has 1 unspecified atom stereocenters. The number of carbonyl (C=O) groups is 1. The van der Waals surface area contributed by atoms with Crippen molar-refractivity contribution in [3.63, 3.8) is 0 Å². The van der Waals surface area contributed by atoms with Crippen LogP contribution in [-0.2, 0) is 9.53 Å². The number of hydrogen-bond acceptors (Lipinski definition) is 4. The second-order valence-electron chi connectivity index (χ2n) is 3.42. The van der Waals surface area contributed by atoms with Crippen molar-refractivity contribution in [2.24, 2.45) is 5.73 Å². The molecular weight excluding hydrogens is 230 g/mol. The quantitative estimate of drug-likeness (QED) is 0.794. The summed E-state index contributed by atoms with van der Waals surface area (Å²) in [6.07, 6.45) is 0.615. The highest BCUT2D eigenvalue weighted by Crippen LogP contribution is 2.28. The predicted molar refractivity (Wildman–Crippen MR) is 61.3 cm³/mol. The molecule has 0 aliphatic rings. The molecule has 0 bridgehead atoms. The third kappa shape index (κ3) is 3.40. The molecule has 1 aromatic carbocycles. The predicted octanol–water partition coefficient (Wildman–Crippen LogP) is 2.00. The third-order valence-electron chi connectivity index (χ3n) is 2.28. The van der Waals surface area contributed by atoms with Gasteiger partial charge in [-0.05, 0) is 24.6 Å². The Bertz CT molecular complexity index is 381. The number of hydrogen-bond donors (Lipinski definition) is 2. The third-order valence-corrected chi connectivity index (χ3v) is 2.51. The number of aromatic hydroxyl groups is 1. The van der Waals surface area contributed by atoms with E-state index in [4.69, 9.17) is 17.3 Å². The average molecular weight is 244 g/mol. The SMILES string of the molecule is COC(=O)CCC(N)c1cc(Cl)ccc1O. The van der Waals surface area contributed by atoms with Crippen molar-refractivity contribution >= 4 is 17.6 Å². The molecule has 3 N–H and O–H groups in total. The maximum Gasteiger partial charge on any atom is 0.305 e. The maximum absolute atomic E-state index is 10.9. The summed E-state index contributed by atoms with van der Waals surface area (Å²) in [4.78, 5) is 10.9. The fraction of sp³-hybridized carbons (Fsp3) is 0.364. The van der Waals surface area contributed by atoms with Crippen LogP contribution >= 0.6 is 11.6 Å². The monoisotopic (exact) mass is 243 g/mol. The van der Waals surface area contributed by atoms with Gasteiger partial charge in [-0.15, -0.1) is 0 Å². The van der Waals surface area contributed by atoms with Crippen LogP contribution in [0.1, 0.15) is 24.4 Å². The molecule has 1 aromatic rings. The van der Waals surface area contributed by atoms with Crippen molar-refractivity contribution < 1.29 is 14.6 Å². The second-order valence-corrected chi connectivity index (χ2v) is 3.86. The largest absolute Gasteiger partial charge is 0.508 e. The standard InChI is InChI=1S/C11H14ClNO3/c1-16-11(15)5-3-9(13)8-6-7(12)2-4-10(8)14/h2,4,6,9,14H,3,5,13H2,1H3. The number of benzene rings is 1. The Kier molecular flexibility index (Phi) is 4.58. The van der Waals surface area contributed by atoms with Gasteiger partial charge in [0, 0.05) is 23.0 Å². The van der Waals surface area contributed by atoms with Gasteiger partial charge >= 0.3 is 5.97 Å². The van der Waals surface area contributed by atoms with E-state index in [1.54, 1.807) is 12.1 Å². The van der Waals surface area contributed by atoms with Crippen LogP contribution in [0.4, 0.5) is 0 Å². The van der Waals surface area contributed by atoms with Crippen LogP contribution in [-0.4, -0.2) is 18.2 Å². The van der Waals surface area contributed by atoms with E-state index in [1.807, 2.05) is 0 Å². The molecule has 0 aliphatic heterocycles. The Balaban J connectivity index is 2.68. The van der Waals surface area contributed by atoms with Gasteiger partial charge in [0.15, 0.2) is 0 Å². The molecule has 1 rings (SSSR count). The second kappa shape index (κ2) is 5.72. The van der Waals surface area contributed by atoms with E-state index in [0.717, 1.165) is 0 Å². The number of esters is 1. The van der Waals surface area contributed by atoms with Crippen molar-refractivity contribution in [1.82, 2.24) is 0 Å². The molecule has 0 aromatic heterocycles. The van der Waals surface area contributed by atoms with E-state index in [2.05, 4.69) is 4.74 Å². The minimum absolute atomic E-state index is 0.0850. The van der Waals surface area contributed by atoms with E-state index >= 15 is 0 Å². The number of ether oxygens (including phenoxy) is 1. The van der Waals surface area contributed by atoms with E-state index in [0.29, 0.717) is 17.0 Å². The van der Waals surface area contributed by atoms with Crippen molar-refractivity contribution in [2.45, 2.75) is 18.9 Å². The first-order chi connectivity index (χ1) is 7.54. The molecule has 0 saturated heterocycles. The molecule has 0 fully saturated rings. The van der Waals surface area contributed by atoms with Crippen molar-refractivity contribution in [3.05, 3.63) is 28.8 Å². The van der Waals surface area contributed by atoms with Crippen LogP contribution < -0.4 is 5.73 Å². The van der Waals surface area contributed by atoms with Crippen LogP contribution in [0.15, 0.2) is 18.2 Å². The first-order valence-corrected chi connectivity index (χ1v) is 5.23. The fourth-order valence-corrected chi connectivity index (χ4v) is 1.53. The van der Waals surface area contributed by atoms with Gasteiger partial charge in [-0.25, -0.2) is 0 Å². The molecule has 0 saturated carbocycles. The summed E-state index contributed by atoms with van der Waals surface area (Å²) < 4.78 is 4.51. The lowest BCUT2D eigenvalue weighted by molar-refractivity contribution is -0.140. The number of carbonyl (C=O) groups excluding carboxylic acids is 1. The first kappa shape index (κ1) is 12.8. The highest BCUT2D eigenvalue weighted by molar-refractivity contribution is 6.30. The number of phenols is 1. The summed E-state index contributed by atoms with van der Waals surface area (Å²) in [5.74, 6) is -0.237. The van der Waals surface area contributed by atoms with Crippen LogP contribution in [0, 0.1) is 0 Å². The Labute approximate surface area is 99.0 Å². The molecule has 1 atom stereocenters. The van der Waals surface area contributed by atoms with Crippen LogP contribution in [0.5, 0.6) is 5.75 Å². The molecule has 0 heterocycles. The summed E-state index contributed by atoms with van der Waals surface area (Å²) in [7, 11) is 1.32. The molecular formula is C11H14ClNO3. The molecule has 5 heteroatoms. The van der Waals surface area contributed by atoms with Crippen molar-refractivity contribution in [2.75, 3.05) is 7.11 Å². The van der Waals surface area contributed by atoms with Gasteiger partial charge in [-0.3, -0.25) is 4.79 Å². The van der Waals surface area contributed by atoms with Crippen molar-refractivity contribution in [1.29, 1.82) is 0 Å². The van der Waals surface area contributed by atoms with E-state index < -0.39 is 6.04 Å². The number of methoxy groups -OCH3 is 1. The van der Waals surface area contributed by atoms with Crippen LogP contribution in [0.25, 0.3) is 0 Å². The highest BCUT2D eigenvalue weighted by Gasteiger charge is 2.13. The first-order valence-electron chi connectivity index (χ1n) is 4.85. The Hall–Kier alpha value is -1.26. The summed E-state index contributed by atoms with van der Waals surface area (Å²) in [5.41, 5.74) is 6.38. The number of phenolic OH excluding ortho intramolecular Hbond substituents is 1. The topological polar surface area (TPSA) is 72.5 Å². The minimum Gasteiger partial charge on any atom is -0.508 e. The molecule has 4 nitrogen and oxygen atoms in total. The Morgan fingerprint density at radius 2 is 2.31 bits per heavy atom. The van der Waals surface area contributed by atoms with Gasteiger partial charge < -0.3 is 15.6 Å². The Morgan fingerprint density at radius 1 is 1.62 bits per heavy atom. The van der Waals surface area contributed by atoms with E-state index in [-0.39, 0.29) is 18.1 Å². The zero-order valence-corrected chi connectivity index (χ0v) is 9.70. The van der Waals surface area contributed by atoms with E-state index in [1.165, 1.54) is 13.2 Å². The number of halogens is 1. The molecule has 0 spiro atoms. The highest BCUT2D eigenvalue weighted by atomic mass is 35.5. The molecule has 0 aliphatic carbocycles. The minimum atomic E-state index is -0.433. The zero-order chi connectivity index (χ0) is 12.1. The van der Waals surface area contributed by atoms with Gasteiger partial charge in [-0.2, -0.15) is 0 Å². The molecule has 16 heavy (non-hydrogen) atoms. The number of rotatable bonds is 4. The van der Waals surface area contributed by atoms with E-state index in [9.17, 15) is 9.90 Å². The zero-order valence-electron chi connectivity index (χ0n) is 8.94. The van der Waals surface area contributed by atoms with Gasteiger partial charge in [0.25, 0.3) is 0 Å². The van der Waals surface area contributed by atoms with Gasteiger partial charge in [0.05, 0.1) is 7.11 Å². The summed E-state index contributed by atoms with van der Waals surface area (Å²) >= 11 is 5.79. The molecule has 88 valence electrons. The Morgan fingerprint density at radius 3 is 2.94 bits per heavy atom.